The molecule has 0 atom stereocenters. The van der Waals surface area contributed by atoms with Crippen LogP contribution in [0.2, 0.25) is 0 Å². The number of piperidine rings is 1. The summed E-state index contributed by atoms with van der Waals surface area (Å²) in [5, 5.41) is 6.06. The van der Waals surface area contributed by atoms with Crippen LogP contribution < -0.4 is 15.4 Å². The van der Waals surface area contributed by atoms with Gasteiger partial charge in [-0.05, 0) is 62.4 Å². The molecule has 2 aliphatic rings. The van der Waals surface area contributed by atoms with Crippen LogP contribution in [0, 0.1) is 0 Å². The van der Waals surface area contributed by atoms with Crippen LogP contribution in [0.1, 0.15) is 38.2 Å². The van der Waals surface area contributed by atoms with Crippen molar-refractivity contribution < 1.29 is 9.53 Å². The zero-order valence-electron chi connectivity index (χ0n) is 13.9. The Morgan fingerprint density at radius 2 is 2.17 bits per heavy atom. The first-order valence-corrected chi connectivity index (χ1v) is 8.80. The topological polar surface area (TPSA) is 53.6 Å². The number of anilines is 1. The number of aryl methyl sites for hydroxylation is 1. The van der Waals surface area contributed by atoms with Crippen molar-refractivity contribution >= 4 is 11.7 Å². The molecule has 3 rings (SSSR count). The summed E-state index contributed by atoms with van der Waals surface area (Å²) in [6.07, 6.45) is 5.32. The third kappa shape index (κ3) is 4.38. The fourth-order valence-electron chi connectivity index (χ4n) is 3.41. The second-order valence-corrected chi connectivity index (χ2v) is 6.49. The maximum Gasteiger partial charge on any atom is 0.319 e. The lowest BCUT2D eigenvalue weighted by Gasteiger charge is -2.32. The highest BCUT2D eigenvalue weighted by molar-refractivity contribution is 5.89. The van der Waals surface area contributed by atoms with Gasteiger partial charge in [0, 0.05) is 24.8 Å². The first-order chi connectivity index (χ1) is 11.2. The van der Waals surface area contributed by atoms with E-state index in [1.807, 2.05) is 18.2 Å². The van der Waals surface area contributed by atoms with Gasteiger partial charge in [0.05, 0.1) is 6.61 Å². The van der Waals surface area contributed by atoms with E-state index in [-0.39, 0.29) is 12.1 Å². The van der Waals surface area contributed by atoms with Crippen LogP contribution >= 0.6 is 0 Å². The van der Waals surface area contributed by atoms with E-state index in [0.29, 0.717) is 0 Å². The second-order valence-electron chi connectivity index (χ2n) is 6.49. The number of hydrogen-bond acceptors (Lipinski definition) is 3. The molecule has 0 aromatic heterocycles. The lowest BCUT2D eigenvalue weighted by molar-refractivity contribution is 0.196. The third-order valence-corrected chi connectivity index (χ3v) is 4.63. The van der Waals surface area contributed by atoms with Gasteiger partial charge in [0.15, 0.2) is 0 Å². The lowest BCUT2D eigenvalue weighted by atomic mass is 10.0. The summed E-state index contributed by atoms with van der Waals surface area (Å²) < 4.78 is 5.60. The molecule has 1 aromatic carbocycles. The number of amides is 2. The van der Waals surface area contributed by atoms with Gasteiger partial charge in [-0.3, -0.25) is 0 Å². The molecule has 2 heterocycles. The van der Waals surface area contributed by atoms with Crippen LogP contribution in [0.15, 0.2) is 18.2 Å². The highest BCUT2D eigenvalue weighted by atomic mass is 16.5. The molecule has 5 nitrogen and oxygen atoms in total. The van der Waals surface area contributed by atoms with Crippen molar-refractivity contribution in [3.05, 3.63) is 23.8 Å². The number of benzene rings is 1. The van der Waals surface area contributed by atoms with E-state index in [2.05, 4.69) is 22.5 Å². The van der Waals surface area contributed by atoms with Crippen LogP contribution in [-0.4, -0.2) is 43.2 Å². The number of hydrogen-bond donors (Lipinski definition) is 2. The summed E-state index contributed by atoms with van der Waals surface area (Å²) in [7, 11) is 0. The van der Waals surface area contributed by atoms with Gasteiger partial charge in [-0.25, -0.2) is 4.79 Å². The maximum absolute atomic E-state index is 12.2. The number of carbonyl (C=O) groups excluding carboxylic acids is 1. The number of nitrogens with zero attached hydrogens (tertiary/aromatic N) is 1. The molecule has 23 heavy (non-hydrogen) atoms. The summed E-state index contributed by atoms with van der Waals surface area (Å²) in [6, 6.07) is 6.07. The number of rotatable bonds is 4. The Bertz CT molecular complexity index is 539. The number of ether oxygens (including phenoxy) is 1. The highest BCUT2D eigenvalue weighted by Crippen LogP contribution is 2.27. The second kappa shape index (κ2) is 7.68. The van der Waals surface area contributed by atoms with Gasteiger partial charge in [-0.2, -0.15) is 0 Å². The lowest BCUT2D eigenvalue weighted by Crippen LogP contribution is -2.46. The zero-order chi connectivity index (χ0) is 16.1. The Balaban J connectivity index is 1.48. The summed E-state index contributed by atoms with van der Waals surface area (Å²) in [5.74, 6) is 0.950. The maximum atomic E-state index is 12.2. The van der Waals surface area contributed by atoms with Crippen LogP contribution in [0.25, 0.3) is 0 Å². The molecule has 2 N–H and O–H groups in total. The van der Waals surface area contributed by atoms with Gasteiger partial charge >= 0.3 is 6.03 Å². The molecule has 0 aliphatic carbocycles. The average Bonchev–Trinajstić information content (AvgIpc) is 2.57. The van der Waals surface area contributed by atoms with Gasteiger partial charge in [0.2, 0.25) is 0 Å². The van der Waals surface area contributed by atoms with E-state index in [4.69, 9.17) is 4.74 Å². The van der Waals surface area contributed by atoms with Crippen molar-refractivity contribution in [3.8, 4) is 5.75 Å². The minimum atomic E-state index is -0.101. The fraction of sp³-hybridized carbons (Fsp3) is 0.611. The van der Waals surface area contributed by atoms with Crippen molar-refractivity contribution in [2.45, 2.75) is 45.1 Å². The number of likely N-dealkylation sites (tertiary alicyclic amines) is 1. The monoisotopic (exact) mass is 317 g/mol. The van der Waals surface area contributed by atoms with Crippen molar-refractivity contribution in [1.82, 2.24) is 10.2 Å². The normalized spacial score (nSPS) is 18.8. The Morgan fingerprint density at radius 3 is 2.96 bits per heavy atom. The Hall–Kier alpha value is -1.75. The summed E-state index contributed by atoms with van der Waals surface area (Å²) in [4.78, 5) is 14.7. The van der Waals surface area contributed by atoms with Crippen molar-refractivity contribution in [2.24, 2.45) is 0 Å². The van der Waals surface area contributed by atoms with Gasteiger partial charge in [0.1, 0.15) is 5.75 Å². The molecule has 5 heteroatoms. The molecule has 0 unspecified atom stereocenters. The quantitative estimate of drug-likeness (QED) is 0.897. The summed E-state index contributed by atoms with van der Waals surface area (Å²) in [6.45, 7) is 6.32. The molecule has 0 spiro atoms. The van der Waals surface area contributed by atoms with Crippen molar-refractivity contribution in [2.75, 3.05) is 31.6 Å². The van der Waals surface area contributed by atoms with Gasteiger partial charge in [-0.15, -0.1) is 0 Å². The van der Waals surface area contributed by atoms with Crippen molar-refractivity contribution in [3.63, 3.8) is 0 Å². The van der Waals surface area contributed by atoms with Crippen LogP contribution in [0.4, 0.5) is 10.5 Å². The summed E-state index contributed by atoms with van der Waals surface area (Å²) in [5.41, 5.74) is 2.03. The minimum Gasteiger partial charge on any atom is -0.493 e. The number of fused-ring (bicyclic) bond motifs is 1. The van der Waals surface area contributed by atoms with E-state index in [1.54, 1.807) is 0 Å². The van der Waals surface area contributed by atoms with Gasteiger partial charge in [-0.1, -0.05) is 6.92 Å². The van der Waals surface area contributed by atoms with Crippen LogP contribution in [-0.2, 0) is 6.42 Å². The van der Waals surface area contributed by atoms with Crippen LogP contribution in [0.5, 0.6) is 5.75 Å². The molecule has 126 valence electrons. The smallest absolute Gasteiger partial charge is 0.319 e. The van der Waals surface area contributed by atoms with E-state index in [1.165, 1.54) is 12.0 Å². The molecule has 2 aliphatic heterocycles. The predicted octanol–water partition coefficient (Wildman–Crippen LogP) is 3.01. The van der Waals surface area contributed by atoms with E-state index >= 15 is 0 Å². The number of urea groups is 1. The molecule has 0 saturated carbocycles. The third-order valence-electron chi connectivity index (χ3n) is 4.63. The standard InChI is InChI=1S/C18H27N3O2/c1-2-9-21-10-7-15(8-11-21)19-18(22)20-16-5-6-17-14(13-16)4-3-12-23-17/h5-6,13,15H,2-4,7-12H2,1H3,(H2,19,20,22). The highest BCUT2D eigenvalue weighted by Gasteiger charge is 2.20. The van der Waals surface area contributed by atoms with E-state index in [9.17, 15) is 4.79 Å². The Kier molecular flexibility index (Phi) is 5.39. The molecule has 1 aromatic rings. The number of nitrogens with one attached hydrogen (secondary N) is 2. The average molecular weight is 317 g/mol. The van der Waals surface area contributed by atoms with Gasteiger partial charge < -0.3 is 20.3 Å². The molecular weight excluding hydrogens is 290 g/mol. The largest absolute Gasteiger partial charge is 0.493 e. The van der Waals surface area contributed by atoms with E-state index in [0.717, 1.165) is 63.4 Å². The molecule has 1 saturated heterocycles. The molecule has 0 radical (unpaired) electrons. The fourth-order valence-corrected chi connectivity index (χ4v) is 3.41. The molecular formula is C18H27N3O2. The Morgan fingerprint density at radius 1 is 1.35 bits per heavy atom. The van der Waals surface area contributed by atoms with Gasteiger partial charge in [0.25, 0.3) is 0 Å². The molecule has 1 fully saturated rings. The van der Waals surface area contributed by atoms with Crippen molar-refractivity contribution in [1.29, 1.82) is 0 Å². The Labute approximate surface area is 138 Å². The SMILES string of the molecule is CCCN1CCC(NC(=O)Nc2ccc3c(c2)CCCO3)CC1. The van der Waals surface area contributed by atoms with Crippen LogP contribution in [0.3, 0.4) is 0 Å². The van der Waals surface area contributed by atoms with E-state index < -0.39 is 0 Å². The minimum absolute atomic E-state index is 0.101. The first kappa shape index (κ1) is 16.1. The molecule has 0 bridgehead atoms. The summed E-state index contributed by atoms with van der Waals surface area (Å²) >= 11 is 0. The molecule has 2 amide bonds. The number of carbonyl (C=O) groups is 1. The predicted molar refractivity (Wildman–Crippen MR) is 92.2 cm³/mol. The zero-order valence-corrected chi connectivity index (χ0v) is 13.9. The first-order valence-electron chi connectivity index (χ1n) is 8.80.